The van der Waals surface area contributed by atoms with E-state index in [0.29, 0.717) is 11.3 Å². The van der Waals surface area contributed by atoms with Gasteiger partial charge in [-0.25, -0.2) is 17.2 Å². The van der Waals surface area contributed by atoms with Crippen molar-refractivity contribution in [2.75, 3.05) is 5.75 Å². The predicted molar refractivity (Wildman–Crippen MR) is 80.0 cm³/mol. The van der Waals surface area contributed by atoms with Gasteiger partial charge in [-0.3, -0.25) is 4.99 Å². The van der Waals surface area contributed by atoms with Gasteiger partial charge in [0.15, 0.2) is 9.84 Å². The summed E-state index contributed by atoms with van der Waals surface area (Å²) in [5, 5.41) is 0. The maximum Gasteiger partial charge on any atom is 0.261 e. The molecule has 0 N–H and O–H groups in total. The molecular formula is C15H15F2NO3S. The molecule has 0 bridgehead atoms. The first-order valence-corrected chi connectivity index (χ1v) is 8.37. The van der Waals surface area contributed by atoms with Gasteiger partial charge in [-0.15, -0.1) is 0 Å². The van der Waals surface area contributed by atoms with E-state index in [9.17, 15) is 17.2 Å². The first-order valence-electron chi connectivity index (χ1n) is 6.55. The monoisotopic (exact) mass is 327 g/mol. The molecule has 1 aromatic heterocycles. The SMILES string of the molecule is O=S(=O)(Cc1ccccc1)CC(N=Cc1ccco1)C(F)F. The quantitative estimate of drug-likeness (QED) is 0.735. The van der Waals surface area contributed by atoms with E-state index in [1.165, 1.54) is 6.26 Å². The Bertz CT molecular complexity index is 698. The third-order valence-electron chi connectivity index (χ3n) is 2.88. The molecule has 0 aliphatic heterocycles. The van der Waals surface area contributed by atoms with Crippen LogP contribution in [-0.4, -0.2) is 32.9 Å². The molecule has 0 amide bonds. The molecule has 1 unspecified atom stereocenters. The lowest BCUT2D eigenvalue weighted by atomic mass is 10.2. The summed E-state index contributed by atoms with van der Waals surface area (Å²) < 4.78 is 55.0. The van der Waals surface area contributed by atoms with Crippen LogP contribution in [0.1, 0.15) is 11.3 Å². The summed E-state index contributed by atoms with van der Waals surface area (Å²) in [7, 11) is -3.69. The summed E-state index contributed by atoms with van der Waals surface area (Å²) in [5.74, 6) is -0.699. The minimum Gasteiger partial charge on any atom is -0.463 e. The summed E-state index contributed by atoms with van der Waals surface area (Å²) in [4.78, 5) is 3.64. The summed E-state index contributed by atoms with van der Waals surface area (Å²) in [6, 6.07) is 9.96. The number of rotatable bonds is 7. The van der Waals surface area contributed by atoms with Crippen molar-refractivity contribution in [3.8, 4) is 0 Å². The van der Waals surface area contributed by atoms with Gasteiger partial charge in [-0.2, -0.15) is 0 Å². The van der Waals surface area contributed by atoms with Crippen molar-refractivity contribution < 1.29 is 21.6 Å². The third kappa shape index (κ3) is 5.07. The molecule has 2 aromatic rings. The highest BCUT2D eigenvalue weighted by molar-refractivity contribution is 7.90. The molecule has 0 aliphatic rings. The van der Waals surface area contributed by atoms with Gasteiger partial charge >= 0.3 is 0 Å². The topological polar surface area (TPSA) is 59.6 Å². The van der Waals surface area contributed by atoms with E-state index in [4.69, 9.17) is 4.42 Å². The van der Waals surface area contributed by atoms with Crippen molar-refractivity contribution in [3.63, 3.8) is 0 Å². The summed E-state index contributed by atoms with van der Waals surface area (Å²) in [6.45, 7) is 0. The lowest BCUT2D eigenvalue weighted by Crippen LogP contribution is -2.27. The average Bonchev–Trinajstić information content (AvgIpc) is 2.97. The minimum atomic E-state index is -3.69. The number of furan rings is 1. The number of aliphatic imine (C=N–C) groups is 1. The number of halogens is 2. The molecule has 1 atom stereocenters. The van der Waals surface area contributed by atoms with Gasteiger partial charge in [0.25, 0.3) is 6.43 Å². The Morgan fingerprint density at radius 2 is 1.86 bits per heavy atom. The number of hydrogen-bond acceptors (Lipinski definition) is 4. The van der Waals surface area contributed by atoms with E-state index in [1.807, 2.05) is 0 Å². The van der Waals surface area contributed by atoms with E-state index in [1.54, 1.807) is 42.5 Å². The van der Waals surface area contributed by atoms with E-state index in [2.05, 4.69) is 4.99 Å². The Kier molecular flexibility index (Phi) is 5.43. The van der Waals surface area contributed by atoms with Crippen LogP contribution in [0.3, 0.4) is 0 Å². The first-order chi connectivity index (χ1) is 10.5. The zero-order valence-electron chi connectivity index (χ0n) is 11.6. The van der Waals surface area contributed by atoms with Gasteiger partial charge < -0.3 is 4.42 Å². The predicted octanol–water partition coefficient (Wildman–Crippen LogP) is 2.95. The highest BCUT2D eigenvalue weighted by Crippen LogP contribution is 2.13. The lowest BCUT2D eigenvalue weighted by Gasteiger charge is -2.12. The van der Waals surface area contributed by atoms with E-state index in [-0.39, 0.29) is 5.75 Å². The summed E-state index contributed by atoms with van der Waals surface area (Å²) in [5.41, 5.74) is 0.561. The van der Waals surface area contributed by atoms with Crippen molar-refractivity contribution >= 4 is 16.1 Å². The normalized spacial score (nSPS) is 13.8. The van der Waals surface area contributed by atoms with Crippen molar-refractivity contribution in [1.29, 1.82) is 0 Å². The molecule has 118 valence electrons. The molecule has 0 spiro atoms. The highest BCUT2D eigenvalue weighted by atomic mass is 32.2. The second-order valence-corrected chi connectivity index (χ2v) is 6.84. The zero-order valence-corrected chi connectivity index (χ0v) is 12.4. The minimum absolute atomic E-state index is 0.284. The maximum absolute atomic E-state index is 13.0. The number of nitrogens with zero attached hydrogens (tertiary/aromatic N) is 1. The van der Waals surface area contributed by atoms with Crippen LogP contribution in [0.5, 0.6) is 0 Å². The van der Waals surface area contributed by atoms with Gasteiger partial charge in [0.2, 0.25) is 0 Å². The summed E-state index contributed by atoms with van der Waals surface area (Å²) in [6.07, 6.45) is -0.364. The molecular weight excluding hydrogens is 312 g/mol. The Morgan fingerprint density at radius 1 is 1.14 bits per heavy atom. The molecule has 0 aliphatic carbocycles. The first kappa shape index (κ1) is 16.4. The van der Waals surface area contributed by atoms with Gasteiger partial charge in [-0.1, -0.05) is 30.3 Å². The molecule has 2 rings (SSSR count). The fourth-order valence-corrected chi connectivity index (χ4v) is 3.43. The van der Waals surface area contributed by atoms with Crippen LogP contribution in [0.15, 0.2) is 58.1 Å². The molecule has 0 radical (unpaired) electrons. The zero-order chi connectivity index (χ0) is 16.0. The smallest absolute Gasteiger partial charge is 0.261 e. The van der Waals surface area contributed by atoms with Crippen LogP contribution < -0.4 is 0 Å². The molecule has 0 saturated heterocycles. The van der Waals surface area contributed by atoms with Gasteiger partial charge in [-0.05, 0) is 17.7 Å². The van der Waals surface area contributed by atoms with Gasteiger partial charge in [0.05, 0.1) is 24.0 Å². The van der Waals surface area contributed by atoms with Crippen LogP contribution in [0.2, 0.25) is 0 Å². The second-order valence-electron chi connectivity index (χ2n) is 4.74. The molecule has 7 heteroatoms. The molecule has 0 saturated carbocycles. The van der Waals surface area contributed by atoms with Crippen molar-refractivity contribution in [2.45, 2.75) is 18.2 Å². The highest BCUT2D eigenvalue weighted by Gasteiger charge is 2.26. The fraction of sp³-hybridized carbons (Fsp3) is 0.267. The Hall–Kier alpha value is -2.02. The second kappa shape index (κ2) is 7.31. The van der Waals surface area contributed by atoms with Crippen LogP contribution in [0, 0.1) is 0 Å². The van der Waals surface area contributed by atoms with Gasteiger partial charge in [0, 0.05) is 0 Å². The number of sulfone groups is 1. The van der Waals surface area contributed by atoms with Crippen LogP contribution in [-0.2, 0) is 15.6 Å². The average molecular weight is 327 g/mol. The molecule has 1 heterocycles. The Labute approximate surface area is 127 Å². The van der Waals surface area contributed by atoms with Crippen molar-refractivity contribution in [3.05, 3.63) is 60.1 Å². The van der Waals surface area contributed by atoms with Crippen LogP contribution in [0.25, 0.3) is 0 Å². The van der Waals surface area contributed by atoms with E-state index >= 15 is 0 Å². The van der Waals surface area contributed by atoms with E-state index < -0.39 is 28.1 Å². The molecule has 0 fully saturated rings. The standard InChI is InChI=1S/C15H15F2NO3S/c16-15(17)14(18-9-13-7-4-8-21-13)11-22(19,20)10-12-5-2-1-3-6-12/h1-9,14-15H,10-11H2. The third-order valence-corrected chi connectivity index (χ3v) is 4.50. The number of benzene rings is 1. The van der Waals surface area contributed by atoms with Crippen molar-refractivity contribution in [1.82, 2.24) is 0 Å². The maximum atomic E-state index is 13.0. The molecule has 22 heavy (non-hydrogen) atoms. The Balaban J connectivity index is 2.06. The molecule has 4 nitrogen and oxygen atoms in total. The van der Waals surface area contributed by atoms with Gasteiger partial charge in [0.1, 0.15) is 11.8 Å². The van der Waals surface area contributed by atoms with Crippen LogP contribution >= 0.6 is 0 Å². The summed E-state index contributed by atoms with van der Waals surface area (Å²) >= 11 is 0. The Morgan fingerprint density at radius 3 is 2.45 bits per heavy atom. The molecule has 1 aromatic carbocycles. The number of alkyl halides is 2. The lowest BCUT2D eigenvalue weighted by molar-refractivity contribution is 0.125. The van der Waals surface area contributed by atoms with Crippen molar-refractivity contribution in [2.24, 2.45) is 4.99 Å². The van der Waals surface area contributed by atoms with E-state index in [0.717, 1.165) is 6.21 Å². The number of hydrogen-bond donors (Lipinski definition) is 0. The van der Waals surface area contributed by atoms with Crippen LogP contribution in [0.4, 0.5) is 8.78 Å². The fourth-order valence-electron chi connectivity index (χ4n) is 1.86. The largest absolute Gasteiger partial charge is 0.463 e.